The van der Waals surface area contributed by atoms with Gasteiger partial charge in [-0.3, -0.25) is 10.0 Å². The number of nitrogens with zero attached hydrogens (tertiary/aromatic N) is 1. The van der Waals surface area contributed by atoms with E-state index in [1.807, 2.05) is 42.5 Å². The van der Waals surface area contributed by atoms with Crippen molar-refractivity contribution in [3.05, 3.63) is 48.5 Å². The van der Waals surface area contributed by atoms with Crippen LogP contribution >= 0.6 is 11.3 Å². The van der Waals surface area contributed by atoms with Crippen LogP contribution in [0.1, 0.15) is 32.1 Å². The van der Waals surface area contributed by atoms with Crippen molar-refractivity contribution in [3.8, 4) is 16.3 Å². The van der Waals surface area contributed by atoms with Crippen molar-refractivity contribution in [1.29, 1.82) is 0 Å². The number of hydroxylamine groups is 1. The van der Waals surface area contributed by atoms with Gasteiger partial charge in [-0.15, -0.1) is 11.3 Å². The van der Waals surface area contributed by atoms with E-state index in [4.69, 9.17) is 9.94 Å². The van der Waals surface area contributed by atoms with Gasteiger partial charge in [0.25, 0.3) is 0 Å². The lowest BCUT2D eigenvalue weighted by molar-refractivity contribution is -0.129. The molecule has 6 heteroatoms. The van der Waals surface area contributed by atoms with Crippen LogP contribution in [0.4, 0.5) is 0 Å². The summed E-state index contributed by atoms with van der Waals surface area (Å²) < 4.78 is 6.96. The minimum Gasteiger partial charge on any atom is -0.494 e. The zero-order valence-corrected chi connectivity index (χ0v) is 15.3. The average molecular weight is 370 g/mol. The van der Waals surface area contributed by atoms with E-state index in [-0.39, 0.29) is 5.91 Å². The summed E-state index contributed by atoms with van der Waals surface area (Å²) in [5.74, 6) is 0.531. The second kappa shape index (κ2) is 9.31. The molecule has 5 nitrogen and oxygen atoms in total. The third kappa shape index (κ3) is 5.03. The zero-order chi connectivity index (χ0) is 18.2. The van der Waals surface area contributed by atoms with Gasteiger partial charge in [0.1, 0.15) is 10.8 Å². The maximum atomic E-state index is 10.9. The molecule has 0 aliphatic rings. The number of unbranched alkanes of at least 4 members (excludes halogenated alkanes) is 3. The summed E-state index contributed by atoms with van der Waals surface area (Å²) in [5, 5.41) is 9.43. The Morgan fingerprint density at radius 3 is 2.58 bits per heavy atom. The molecule has 1 amide bonds. The number of carbonyl (C=O) groups excluding carboxylic acids is 1. The van der Waals surface area contributed by atoms with Gasteiger partial charge in [-0.2, -0.15) is 0 Å². The van der Waals surface area contributed by atoms with E-state index in [2.05, 4.69) is 11.1 Å². The molecule has 0 aliphatic carbocycles. The van der Waals surface area contributed by atoms with Crippen LogP contribution in [0.5, 0.6) is 5.75 Å². The lowest BCUT2D eigenvalue weighted by Gasteiger charge is -2.06. The van der Waals surface area contributed by atoms with Crippen LogP contribution in [0, 0.1) is 0 Å². The second-order valence-corrected chi connectivity index (χ2v) is 7.09. The first-order valence-corrected chi connectivity index (χ1v) is 9.59. The molecule has 3 rings (SSSR count). The molecule has 0 fully saturated rings. The molecule has 26 heavy (non-hydrogen) atoms. The van der Waals surface area contributed by atoms with Gasteiger partial charge in [0.2, 0.25) is 5.91 Å². The number of nitrogens with one attached hydrogen (secondary N) is 1. The van der Waals surface area contributed by atoms with Crippen LogP contribution < -0.4 is 10.2 Å². The van der Waals surface area contributed by atoms with Gasteiger partial charge in [-0.1, -0.05) is 25.0 Å². The van der Waals surface area contributed by atoms with Crippen molar-refractivity contribution in [2.75, 3.05) is 6.61 Å². The molecule has 2 aromatic carbocycles. The van der Waals surface area contributed by atoms with E-state index < -0.39 is 0 Å². The molecule has 136 valence electrons. The quantitative estimate of drug-likeness (QED) is 0.322. The SMILES string of the molecule is O=C(CCCCCCOc1ccc(-c2nc3ccccc3s2)cc1)NO. The van der Waals surface area contributed by atoms with Gasteiger partial charge in [-0.05, 0) is 49.2 Å². The Kier molecular flexibility index (Phi) is 6.57. The van der Waals surface area contributed by atoms with Crippen molar-refractivity contribution in [2.24, 2.45) is 0 Å². The second-order valence-electron chi connectivity index (χ2n) is 6.06. The fourth-order valence-corrected chi connectivity index (χ4v) is 3.65. The van der Waals surface area contributed by atoms with Gasteiger partial charge in [-0.25, -0.2) is 10.5 Å². The summed E-state index contributed by atoms with van der Waals surface area (Å²) in [4.78, 5) is 15.5. The fraction of sp³-hybridized carbons (Fsp3) is 0.300. The highest BCUT2D eigenvalue weighted by molar-refractivity contribution is 7.21. The lowest BCUT2D eigenvalue weighted by atomic mass is 10.1. The Balaban J connectivity index is 1.42. The largest absolute Gasteiger partial charge is 0.494 e. The Morgan fingerprint density at radius 1 is 1.04 bits per heavy atom. The molecular weight excluding hydrogens is 348 g/mol. The maximum Gasteiger partial charge on any atom is 0.243 e. The summed E-state index contributed by atoms with van der Waals surface area (Å²) in [5.41, 5.74) is 3.77. The Labute approximate surface area is 156 Å². The molecule has 0 radical (unpaired) electrons. The average Bonchev–Trinajstić information content (AvgIpc) is 3.11. The number of para-hydroxylation sites is 1. The standard InChI is InChI=1S/C20H22N2O3S/c23-19(22-24)9-3-1-2-6-14-25-16-12-10-15(11-13-16)20-21-17-7-4-5-8-18(17)26-20/h4-5,7-8,10-13,24H,1-3,6,9,14H2,(H,22,23). The number of hydrogen-bond donors (Lipinski definition) is 2. The molecule has 1 heterocycles. The topological polar surface area (TPSA) is 71.5 Å². The van der Waals surface area contributed by atoms with Crippen molar-refractivity contribution >= 4 is 27.5 Å². The molecular formula is C20H22N2O3S. The molecule has 0 spiro atoms. The summed E-state index contributed by atoms with van der Waals surface area (Å²) in [6.07, 6.45) is 4.05. The molecule has 3 aromatic rings. The van der Waals surface area contributed by atoms with Crippen LogP contribution in [0.15, 0.2) is 48.5 Å². The number of hydrogen-bond acceptors (Lipinski definition) is 5. The Bertz CT molecular complexity index is 813. The summed E-state index contributed by atoms with van der Waals surface area (Å²) in [6.45, 7) is 0.659. The highest BCUT2D eigenvalue weighted by Crippen LogP contribution is 2.30. The molecule has 1 aromatic heterocycles. The molecule has 0 saturated heterocycles. The van der Waals surface area contributed by atoms with Crippen molar-refractivity contribution < 1.29 is 14.7 Å². The van der Waals surface area contributed by atoms with Crippen LogP contribution in [-0.4, -0.2) is 22.7 Å². The van der Waals surface area contributed by atoms with Crippen LogP contribution in [0.25, 0.3) is 20.8 Å². The van der Waals surface area contributed by atoms with Gasteiger partial charge in [0.15, 0.2) is 0 Å². The highest BCUT2D eigenvalue weighted by atomic mass is 32.1. The molecule has 0 atom stereocenters. The monoisotopic (exact) mass is 370 g/mol. The predicted molar refractivity (Wildman–Crippen MR) is 104 cm³/mol. The minimum absolute atomic E-state index is 0.325. The summed E-state index contributed by atoms with van der Waals surface area (Å²) in [7, 11) is 0. The minimum atomic E-state index is -0.325. The smallest absolute Gasteiger partial charge is 0.243 e. The number of rotatable bonds is 9. The number of ether oxygens (including phenoxy) is 1. The Hall–Kier alpha value is -2.44. The molecule has 0 aliphatic heterocycles. The molecule has 0 bridgehead atoms. The normalized spacial score (nSPS) is 10.8. The fourth-order valence-electron chi connectivity index (χ4n) is 2.68. The van der Waals surface area contributed by atoms with Gasteiger partial charge < -0.3 is 4.74 Å². The van der Waals surface area contributed by atoms with Gasteiger partial charge >= 0.3 is 0 Å². The van der Waals surface area contributed by atoms with E-state index in [9.17, 15) is 4.79 Å². The summed E-state index contributed by atoms with van der Waals surface area (Å²) in [6, 6.07) is 16.2. The molecule has 0 unspecified atom stereocenters. The number of benzene rings is 2. The third-order valence-electron chi connectivity index (χ3n) is 4.09. The maximum absolute atomic E-state index is 10.9. The first-order valence-electron chi connectivity index (χ1n) is 8.78. The summed E-state index contributed by atoms with van der Waals surface area (Å²) >= 11 is 1.69. The predicted octanol–water partition coefficient (Wildman–Crippen LogP) is 4.80. The first kappa shape index (κ1) is 18.4. The van der Waals surface area contributed by atoms with Crippen LogP contribution in [0.2, 0.25) is 0 Å². The number of thiazole rings is 1. The number of fused-ring (bicyclic) bond motifs is 1. The van der Waals surface area contributed by atoms with Crippen molar-refractivity contribution in [1.82, 2.24) is 10.5 Å². The molecule has 2 N–H and O–H groups in total. The number of aromatic nitrogens is 1. The van der Waals surface area contributed by atoms with Crippen LogP contribution in [-0.2, 0) is 4.79 Å². The zero-order valence-electron chi connectivity index (χ0n) is 14.5. The van der Waals surface area contributed by atoms with Gasteiger partial charge in [0.05, 0.1) is 16.8 Å². The van der Waals surface area contributed by atoms with Gasteiger partial charge in [0, 0.05) is 12.0 Å². The lowest BCUT2D eigenvalue weighted by Crippen LogP contribution is -2.17. The first-order chi connectivity index (χ1) is 12.8. The van der Waals surface area contributed by atoms with Crippen molar-refractivity contribution in [3.63, 3.8) is 0 Å². The van der Waals surface area contributed by atoms with Crippen LogP contribution in [0.3, 0.4) is 0 Å². The van der Waals surface area contributed by atoms with E-state index in [0.717, 1.165) is 47.5 Å². The number of carbonyl (C=O) groups is 1. The molecule has 0 saturated carbocycles. The van der Waals surface area contributed by atoms with E-state index in [0.29, 0.717) is 13.0 Å². The third-order valence-corrected chi connectivity index (χ3v) is 5.17. The van der Waals surface area contributed by atoms with E-state index in [1.165, 1.54) is 4.70 Å². The number of amides is 1. The van der Waals surface area contributed by atoms with E-state index in [1.54, 1.807) is 16.8 Å². The highest BCUT2D eigenvalue weighted by Gasteiger charge is 2.06. The van der Waals surface area contributed by atoms with E-state index >= 15 is 0 Å². The Morgan fingerprint density at radius 2 is 1.81 bits per heavy atom. The van der Waals surface area contributed by atoms with Crippen molar-refractivity contribution in [2.45, 2.75) is 32.1 Å².